The third kappa shape index (κ3) is 1.85. The average molecular weight is 277 g/mol. The van der Waals surface area contributed by atoms with E-state index >= 15 is 0 Å². The zero-order valence-corrected chi connectivity index (χ0v) is 14.8. The SMILES string of the molecule is CC1CCC2C1C(C)C(C)C1C(C)C(C)C(C)C(C)C21. The smallest absolute Gasteiger partial charge is 0.0321 e. The van der Waals surface area contributed by atoms with E-state index < -0.39 is 0 Å². The Labute approximate surface area is 127 Å². The molecule has 3 rings (SSSR count). The molecule has 3 aliphatic carbocycles. The summed E-state index contributed by atoms with van der Waals surface area (Å²) in [5, 5.41) is 0. The third-order valence-electron chi connectivity index (χ3n) is 8.79. The van der Waals surface area contributed by atoms with Gasteiger partial charge in [-0.15, -0.1) is 0 Å². The van der Waals surface area contributed by atoms with Crippen LogP contribution < -0.4 is 0 Å². The van der Waals surface area contributed by atoms with Gasteiger partial charge in [0.15, 0.2) is 0 Å². The molecule has 3 fully saturated rings. The third-order valence-corrected chi connectivity index (χ3v) is 8.79. The van der Waals surface area contributed by atoms with Gasteiger partial charge in [-0.2, -0.15) is 0 Å². The van der Waals surface area contributed by atoms with Gasteiger partial charge in [0.2, 0.25) is 0 Å². The van der Waals surface area contributed by atoms with Crippen molar-refractivity contribution in [2.45, 2.75) is 61.3 Å². The van der Waals surface area contributed by atoms with E-state index in [2.05, 4.69) is 48.5 Å². The molecule has 0 aromatic rings. The van der Waals surface area contributed by atoms with Gasteiger partial charge in [0.1, 0.15) is 0 Å². The van der Waals surface area contributed by atoms with Crippen molar-refractivity contribution in [1.82, 2.24) is 0 Å². The van der Waals surface area contributed by atoms with Crippen molar-refractivity contribution < 1.29 is 0 Å². The van der Waals surface area contributed by atoms with Crippen LogP contribution in [0, 0.1) is 65.1 Å². The van der Waals surface area contributed by atoms with Crippen molar-refractivity contribution in [3.63, 3.8) is 0 Å². The molecule has 0 spiro atoms. The molecule has 0 saturated heterocycles. The van der Waals surface area contributed by atoms with E-state index in [0.717, 1.165) is 65.1 Å². The fourth-order valence-corrected chi connectivity index (χ4v) is 7.18. The maximum Gasteiger partial charge on any atom is -0.0321 e. The van der Waals surface area contributed by atoms with E-state index in [1.165, 1.54) is 12.8 Å². The minimum Gasteiger partial charge on any atom is -0.0622 e. The van der Waals surface area contributed by atoms with Crippen LogP contribution >= 0.6 is 0 Å². The van der Waals surface area contributed by atoms with E-state index in [1.54, 1.807) is 0 Å². The first-order valence-electron chi connectivity index (χ1n) is 9.36. The zero-order valence-electron chi connectivity index (χ0n) is 14.8. The van der Waals surface area contributed by atoms with Crippen LogP contribution in [0.25, 0.3) is 0 Å². The normalized spacial score (nSPS) is 62.9. The minimum absolute atomic E-state index is 0.913. The Bertz CT molecular complexity index is 359. The molecule has 0 aliphatic heterocycles. The second-order valence-corrected chi connectivity index (χ2v) is 9.11. The number of fused-ring (bicyclic) bond motifs is 3. The second-order valence-electron chi connectivity index (χ2n) is 9.11. The maximum atomic E-state index is 2.59. The first-order valence-corrected chi connectivity index (χ1v) is 9.36. The summed E-state index contributed by atoms with van der Waals surface area (Å²) in [6.45, 7) is 18.0. The number of rotatable bonds is 0. The molecule has 0 heterocycles. The van der Waals surface area contributed by atoms with Crippen LogP contribution in [0.5, 0.6) is 0 Å². The fourth-order valence-electron chi connectivity index (χ4n) is 7.18. The molecule has 116 valence electrons. The van der Waals surface area contributed by atoms with Gasteiger partial charge >= 0.3 is 0 Å². The molecule has 20 heavy (non-hydrogen) atoms. The predicted octanol–water partition coefficient (Wildman–Crippen LogP) is 5.72. The fraction of sp³-hybridized carbons (Fsp3) is 1.00. The van der Waals surface area contributed by atoms with E-state index in [-0.39, 0.29) is 0 Å². The molecule has 0 bridgehead atoms. The van der Waals surface area contributed by atoms with Crippen LogP contribution in [-0.2, 0) is 0 Å². The molecular formula is C20H36. The largest absolute Gasteiger partial charge is 0.0622 e. The molecule has 11 atom stereocenters. The molecule has 3 aliphatic rings. The predicted molar refractivity (Wildman–Crippen MR) is 87.3 cm³/mol. The number of hydrogen-bond donors (Lipinski definition) is 0. The summed E-state index contributed by atoms with van der Waals surface area (Å²) < 4.78 is 0. The summed E-state index contributed by atoms with van der Waals surface area (Å²) in [5.41, 5.74) is 0. The van der Waals surface area contributed by atoms with Crippen LogP contribution in [0.4, 0.5) is 0 Å². The second kappa shape index (κ2) is 5.03. The summed E-state index contributed by atoms with van der Waals surface area (Å²) >= 11 is 0. The van der Waals surface area contributed by atoms with Gasteiger partial charge in [-0.05, 0) is 71.5 Å². The lowest BCUT2D eigenvalue weighted by Gasteiger charge is -2.59. The molecule has 0 amide bonds. The maximum absolute atomic E-state index is 2.59. The van der Waals surface area contributed by atoms with Crippen molar-refractivity contribution in [2.75, 3.05) is 0 Å². The quantitative estimate of drug-likeness (QED) is 0.530. The first kappa shape index (κ1) is 14.9. The number of hydrogen-bond acceptors (Lipinski definition) is 0. The monoisotopic (exact) mass is 276 g/mol. The molecule has 0 N–H and O–H groups in total. The minimum atomic E-state index is 0.913. The molecular weight excluding hydrogens is 240 g/mol. The Morgan fingerprint density at radius 2 is 0.900 bits per heavy atom. The highest BCUT2D eigenvalue weighted by atomic mass is 14.6. The summed E-state index contributed by atoms with van der Waals surface area (Å²) in [4.78, 5) is 0. The standard InChI is InChI=1S/C20H36/c1-10-8-9-17-18(10)15(6)16(7)19-13(4)11(2)12(3)14(5)20(17)19/h10-20H,8-9H2,1-7H3. The van der Waals surface area contributed by atoms with Crippen LogP contribution in [-0.4, -0.2) is 0 Å². The molecule has 11 unspecified atom stereocenters. The highest BCUT2D eigenvalue weighted by Gasteiger charge is 2.57. The van der Waals surface area contributed by atoms with Crippen LogP contribution in [0.2, 0.25) is 0 Å². The van der Waals surface area contributed by atoms with Crippen molar-refractivity contribution in [1.29, 1.82) is 0 Å². The van der Waals surface area contributed by atoms with E-state index in [1.807, 2.05) is 0 Å². The molecule has 0 aromatic heterocycles. The van der Waals surface area contributed by atoms with Crippen molar-refractivity contribution >= 4 is 0 Å². The molecule has 0 heteroatoms. The van der Waals surface area contributed by atoms with Crippen LogP contribution in [0.1, 0.15) is 61.3 Å². The molecule has 0 radical (unpaired) electrons. The van der Waals surface area contributed by atoms with Gasteiger partial charge in [-0.3, -0.25) is 0 Å². The van der Waals surface area contributed by atoms with Crippen LogP contribution in [0.15, 0.2) is 0 Å². The lowest BCUT2D eigenvalue weighted by atomic mass is 9.46. The van der Waals surface area contributed by atoms with E-state index in [0.29, 0.717) is 0 Å². The summed E-state index contributed by atoms with van der Waals surface area (Å²) in [7, 11) is 0. The summed E-state index contributed by atoms with van der Waals surface area (Å²) in [5.74, 6) is 10.7. The van der Waals surface area contributed by atoms with Gasteiger partial charge in [-0.1, -0.05) is 54.9 Å². The van der Waals surface area contributed by atoms with Crippen molar-refractivity contribution in [3.05, 3.63) is 0 Å². The Morgan fingerprint density at radius 3 is 1.50 bits per heavy atom. The topological polar surface area (TPSA) is 0 Å². The Hall–Kier alpha value is 0. The molecule has 0 aromatic carbocycles. The van der Waals surface area contributed by atoms with Gasteiger partial charge in [0.05, 0.1) is 0 Å². The summed E-state index contributed by atoms with van der Waals surface area (Å²) in [6.07, 6.45) is 3.03. The summed E-state index contributed by atoms with van der Waals surface area (Å²) in [6, 6.07) is 0. The first-order chi connectivity index (χ1) is 9.36. The lowest BCUT2D eigenvalue weighted by molar-refractivity contribution is -0.113. The van der Waals surface area contributed by atoms with Gasteiger partial charge in [0, 0.05) is 0 Å². The van der Waals surface area contributed by atoms with E-state index in [4.69, 9.17) is 0 Å². The Kier molecular flexibility index (Phi) is 3.75. The molecule has 3 saturated carbocycles. The van der Waals surface area contributed by atoms with Gasteiger partial charge in [0.25, 0.3) is 0 Å². The van der Waals surface area contributed by atoms with Gasteiger partial charge in [-0.25, -0.2) is 0 Å². The highest BCUT2D eigenvalue weighted by Crippen LogP contribution is 2.62. The Morgan fingerprint density at radius 1 is 0.450 bits per heavy atom. The average Bonchev–Trinajstić information content (AvgIpc) is 2.80. The zero-order chi connectivity index (χ0) is 14.8. The highest BCUT2D eigenvalue weighted by molar-refractivity contribution is 5.05. The Balaban J connectivity index is 1.98. The van der Waals surface area contributed by atoms with E-state index in [9.17, 15) is 0 Å². The van der Waals surface area contributed by atoms with Crippen LogP contribution in [0.3, 0.4) is 0 Å². The lowest BCUT2D eigenvalue weighted by Crippen LogP contribution is -2.54. The van der Waals surface area contributed by atoms with Crippen molar-refractivity contribution in [3.8, 4) is 0 Å². The molecule has 0 nitrogen and oxygen atoms in total. The van der Waals surface area contributed by atoms with Crippen molar-refractivity contribution in [2.24, 2.45) is 65.1 Å². The van der Waals surface area contributed by atoms with Gasteiger partial charge < -0.3 is 0 Å².